The lowest BCUT2D eigenvalue weighted by Gasteiger charge is -2.11. The van der Waals surface area contributed by atoms with Crippen molar-refractivity contribution in [2.75, 3.05) is 12.8 Å². The molecule has 4 nitrogen and oxygen atoms in total. The zero-order valence-electron chi connectivity index (χ0n) is 12.0. The molecule has 0 fully saturated rings. The maximum atomic E-state index is 11.6. The Bertz CT molecular complexity index is 423. The number of thioether (sulfide) groups is 1. The van der Waals surface area contributed by atoms with E-state index in [0.717, 1.165) is 12.8 Å². The van der Waals surface area contributed by atoms with Crippen LogP contribution in [0.2, 0.25) is 0 Å². The Morgan fingerprint density at radius 2 is 1.90 bits per heavy atom. The molecule has 1 atom stereocenters. The summed E-state index contributed by atoms with van der Waals surface area (Å²) in [6.07, 6.45) is 4.04. The standard InChI is InChI=1S/C15H22N2O2S/c1-12(20-2)17-15(19)11-16-14(18)10-6-9-13-7-4-3-5-8-13/h3-5,7-8,12H,6,9-11H2,1-2H3,(H,16,18)(H,17,19). The molecule has 0 radical (unpaired) electrons. The number of nitrogens with one attached hydrogen (secondary N) is 2. The van der Waals surface area contributed by atoms with E-state index in [1.54, 1.807) is 11.8 Å². The molecule has 0 heterocycles. The third-order valence-corrected chi connectivity index (χ3v) is 3.70. The van der Waals surface area contributed by atoms with Crippen LogP contribution in [0.15, 0.2) is 30.3 Å². The molecule has 0 aliphatic rings. The van der Waals surface area contributed by atoms with E-state index in [0.29, 0.717) is 6.42 Å². The molecule has 0 aromatic heterocycles. The van der Waals surface area contributed by atoms with Gasteiger partial charge < -0.3 is 10.6 Å². The number of aryl methyl sites for hydroxylation is 1. The van der Waals surface area contributed by atoms with Crippen LogP contribution in [0.4, 0.5) is 0 Å². The van der Waals surface area contributed by atoms with Gasteiger partial charge in [0, 0.05) is 6.42 Å². The van der Waals surface area contributed by atoms with Gasteiger partial charge in [0.1, 0.15) is 0 Å². The molecule has 2 amide bonds. The first-order valence-electron chi connectivity index (χ1n) is 6.74. The van der Waals surface area contributed by atoms with E-state index < -0.39 is 0 Å². The Labute approximate surface area is 124 Å². The van der Waals surface area contributed by atoms with Crippen molar-refractivity contribution in [3.05, 3.63) is 35.9 Å². The second-order valence-corrected chi connectivity index (χ2v) is 5.74. The molecule has 2 N–H and O–H groups in total. The van der Waals surface area contributed by atoms with Crippen molar-refractivity contribution in [1.29, 1.82) is 0 Å². The zero-order chi connectivity index (χ0) is 14.8. The average Bonchev–Trinajstić information content (AvgIpc) is 2.46. The Morgan fingerprint density at radius 1 is 1.20 bits per heavy atom. The number of benzene rings is 1. The van der Waals surface area contributed by atoms with Crippen LogP contribution in [-0.4, -0.2) is 30.0 Å². The van der Waals surface area contributed by atoms with Crippen molar-refractivity contribution in [2.24, 2.45) is 0 Å². The smallest absolute Gasteiger partial charge is 0.240 e. The molecule has 1 unspecified atom stereocenters. The van der Waals surface area contributed by atoms with Gasteiger partial charge >= 0.3 is 0 Å². The topological polar surface area (TPSA) is 58.2 Å². The molecule has 20 heavy (non-hydrogen) atoms. The summed E-state index contributed by atoms with van der Waals surface area (Å²) < 4.78 is 0. The van der Waals surface area contributed by atoms with Crippen LogP contribution in [0.25, 0.3) is 0 Å². The Kier molecular flexibility index (Phi) is 7.80. The summed E-state index contributed by atoms with van der Waals surface area (Å²) in [4.78, 5) is 23.1. The maximum Gasteiger partial charge on any atom is 0.240 e. The van der Waals surface area contributed by atoms with Crippen LogP contribution in [0.3, 0.4) is 0 Å². The van der Waals surface area contributed by atoms with Gasteiger partial charge in [0.05, 0.1) is 11.9 Å². The fraction of sp³-hybridized carbons (Fsp3) is 0.467. The maximum absolute atomic E-state index is 11.6. The minimum atomic E-state index is -0.150. The van der Waals surface area contributed by atoms with Crippen molar-refractivity contribution in [3.8, 4) is 0 Å². The first-order chi connectivity index (χ1) is 9.61. The van der Waals surface area contributed by atoms with E-state index in [4.69, 9.17) is 0 Å². The van der Waals surface area contributed by atoms with E-state index in [9.17, 15) is 9.59 Å². The highest BCUT2D eigenvalue weighted by Gasteiger charge is 2.07. The largest absolute Gasteiger partial charge is 0.347 e. The lowest BCUT2D eigenvalue weighted by Crippen LogP contribution is -2.39. The molecule has 0 aliphatic heterocycles. The summed E-state index contributed by atoms with van der Waals surface area (Å²) in [6, 6.07) is 10.1. The fourth-order valence-electron chi connectivity index (χ4n) is 1.70. The number of hydrogen-bond acceptors (Lipinski definition) is 3. The van der Waals surface area contributed by atoms with Gasteiger partial charge in [0.2, 0.25) is 11.8 Å². The summed E-state index contributed by atoms with van der Waals surface area (Å²) in [6.45, 7) is 1.96. The third kappa shape index (κ3) is 7.19. The van der Waals surface area contributed by atoms with E-state index >= 15 is 0 Å². The van der Waals surface area contributed by atoms with Gasteiger partial charge in [-0.1, -0.05) is 30.3 Å². The molecular formula is C15H22N2O2S. The molecule has 0 saturated heterocycles. The van der Waals surface area contributed by atoms with Crippen molar-refractivity contribution < 1.29 is 9.59 Å². The van der Waals surface area contributed by atoms with Gasteiger partial charge in [-0.3, -0.25) is 9.59 Å². The second-order valence-electron chi connectivity index (χ2n) is 4.56. The normalized spacial score (nSPS) is 11.7. The quantitative estimate of drug-likeness (QED) is 0.721. The van der Waals surface area contributed by atoms with E-state index in [1.807, 2.05) is 31.4 Å². The molecule has 0 bridgehead atoms. The van der Waals surface area contributed by atoms with Crippen LogP contribution >= 0.6 is 11.8 Å². The van der Waals surface area contributed by atoms with Crippen molar-refractivity contribution in [1.82, 2.24) is 10.6 Å². The summed E-state index contributed by atoms with van der Waals surface area (Å²) in [5.41, 5.74) is 1.23. The van der Waals surface area contributed by atoms with Crippen molar-refractivity contribution >= 4 is 23.6 Å². The molecule has 1 aromatic rings. The number of carbonyl (C=O) groups is 2. The predicted molar refractivity (Wildman–Crippen MR) is 83.5 cm³/mol. The Morgan fingerprint density at radius 3 is 2.55 bits per heavy atom. The van der Waals surface area contributed by atoms with E-state index in [-0.39, 0.29) is 23.7 Å². The number of carbonyl (C=O) groups excluding carboxylic acids is 2. The summed E-state index contributed by atoms with van der Waals surface area (Å²) in [5, 5.41) is 5.48. The van der Waals surface area contributed by atoms with Crippen LogP contribution in [-0.2, 0) is 16.0 Å². The highest BCUT2D eigenvalue weighted by Crippen LogP contribution is 2.04. The SMILES string of the molecule is CSC(C)NC(=O)CNC(=O)CCCc1ccccc1. The van der Waals surface area contributed by atoms with Gasteiger partial charge in [0.15, 0.2) is 0 Å². The molecule has 0 aliphatic carbocycles. The molecule has 5 heteroatoms. The monoisotopic (exact) mass is 294 g/mol. The van der Waals surface area contributed by atoms with Crippen LogP contribution in [0.1, 0.15) is 25.3 Å². The van der Waals surface area contributed by atoms with Gasteiger partial charge in [0.25, 0.3) is 0 Å². The minimum absolute atomic E-state index is 0.0507. The Balaban J connectivity index is 2.13. The summed E-state index contributed by atoms with van der Waals surface area (Å²) in [5.74, 6) is -0.226. The molecule has 110 valence electrons. The minimum Gasteiger partial charge on any atom is -0.347 e. The van der Waals surface area contributed by atoms with Gasteiger partial charge in [-0.2, -0.15) is 0 Å². The lowest BCUT2D eigenvalue weighted by atomic mass is 10.1. The Hall–Kier alpha value is -1.49. The second kappa shape index (κ2) is 9.42. The van der Waals surface area contributed by atoms with Crippen molar-refractivity contribution in [3.63, 3.8) is 0 Å². The highest BCUT2D eigenvalue weighted by molar-refractivity contribution is 7.99. The molecule has 1 aromatic carbocycles. The molecule has 0 saturated carbocycles. The van der Waals surface area contributed by atoms with E-state index in [1.165, 1.54) is 5.56 Å². The number of amides is 2. The summed E-state index contributed by atoms with van der Waals surface area (Å²) in [7, 11) is 0. The van der Waals surface area contributed by atoms with Crippen LogP contribution < -0.4 is 10.6 Å². The van der Waals surface area contributed by atoms with Gasteiger partial charge in [-0.25, -0.2) is 0 Å². The summed E-state index contributed by atoms with van der Waals surface area (Å²) >= 11 is 1.55. The molecule has 1 rings (SSSR count). The molecule has 0 spiro atoms. The predicted octanol–water partition coefficient (Wildman–Crippen LogP) is 1.95. The molecular weight excluding hydrogens is 272 g/mol. The van der Waals surface area contributed by atoms with Crippen molar-refractivity contribution in [2.45, 2.75) is 31.6 Å². The highest BCUT2D eigenvalue weighted by atomic mass is 32.2. The first-order valence-corrected chi connectivity index (χ1v) is 8.03. The van der Waals surface area contributed by atoms with E-state index in [2.05, 4.69) is 22.8 Å². The number of rotatable bonds is 8. The van der Waals surface area contributed by atoms with Crippen LogP contribution in [0, 0.1) is 0 Å². The number of hydrogen-bond donors (Lipinski definition) is 2. The zero-order valence-corrected chi connectivity index (χ0v) is 12.8. The van der Waals surface area contributed by atoms with Gasteiger partial charge in [-0.05, 0) is 31.6 Å². The van der Waals surface area contributed by atoms with Crippen LogP contribution in [0.5, 0.6) is 0 Å². The average molecular weight is 294 g/mol. The fourth-order valence-corrected chi connectivity index (χ4v) is 1.95. The van der Waals surface area contributed by atoms with Gasteiger partial charge in [-0.15, -0.1) is 11.8 Å². The first kappa shape index (κ1) is 16.6. The third-order valence-electron chi connectivity index (χ3n) is 2.88. The lowest BCUT2D eigenvalue weighted by molar-refractivity contribution is -0.126.